The van der Waals surface area contributed by atoms with Gasteiger partial charge in [0.15, 0.2) is 0 Å². The second-order valence-corrected chi connectivity index (χ2v) is 4.90. The predicted octanol–water partition coefficient (Wildman–Crippen LogP) is 3.60. The van der Waals surface area contributed by atoms with Crippen LogP contribution in [0.15, 0.2) is 54.6 Å². The lowest BCUT2D eigenvalue weighted by Crippen LogP contribution is -2.12. The van der Waals surface area contributed by atoms with E-state index in [1.165, 1.54) is 12.1 Å². The Morgan fingerprint density at radius 2 is 1.81 bits per heavy atom. The monoisotopic (exact) mass is 281 g/mol. The SMILES string of the molecule is CN(c1ccc(F)cc1)c1cc(CN)c2ccccc2n1. The van der Waals surface area contributed by atoms with Crippen molar-refractivity contribution in [3.63, 3.8) is 0 Å². The average molecular weight is 281 g/mol. The summed E-state index contributed by atoms with van der Waals surface area (Å²) in [5.74, 6) is 0.544. The van der Waals surface area contributed by atoms with Gasteiger partial charge in [-0.1, -0.05) is 18.2 Å². The lowest BCUT2D eigenvalue weighted by Gasteiger charge is -2.20. The molecule has 2 aromatic carbocycles. The molecule has 21 heavy (non-hydrogen) atoms. The van der Waals surface area contributed by atoms with Crippen molar-refractivity contribution in [2.45, 2.75) is 6.54 Å². The molecule has 0 aliphatic heterocycles. The van der Waals surface area contributed by atoms with Gasteiger partial charge in [-0.05, 0) is 42.0 Å². The molecule has 0 fully saturated rings. The summed E-state index contributed by atoms with van der Waals surface area (Å²) in [5.41, 5.74) is 8.68. The quantitative estimate of drug-likeness (QED) is 0.797. The van der Waals surface area contributed by atoms with Crippen molar-refractivity contribution in [2.75, 3.05) is 11.9 Å². The van der Waals surface area contributed by atoms with Gasteiger partial charge in [-0.25, -0.2) is 9.37 Å². The fourth-order valence-electron chi connectivity index (χ4n) is 2.37. The molecular weight excluding hydrogens is 265 g/mol. The first-order valence-electron chi connectivity index (χ1n) is 6.77. The Morgan fingerprint density at radius 1 is 1.10 bits per heavy atom. The molecule has 3 nitrogen and oxygen atoms in total. The highest BCUT2D eigenvalue weighted by Crippen LogP contribution is 2.26. The molecule has 3 aromatic rings. The van der Waals surface area contributed by atoms with Crippen molar-refractivity contribution in [3.8, 4) is 0 Å². The van der Waals surface area contributed by atoms with E-state index in [2.05, 4.69) is 4.98 Å². The molecule has 4 heteroatoms. The van der Waals surface area contributed by atoms with E-state index < -0.39 is 0 Å². The van der Waals surface area contributed by atoms with Crippen LogP contribution in [0.4, 0.5) is 15.9 Å². The fraction of sp³-hybridized carbons (Fsp3) is 0.118. The van der Waals surface area contributed by atoms with Crippen molar-refractivity contribution in [1.82, 2.24) is 4.98 Å². The minimum Gasteiger partial charge on any atom is -0.329 e. The van der Waals surface area contributed by atoms with Gasteiger partial charge in [0.05, 0.1) is 5.52 Å². The average Bonchev–Trinajstić information content (AvgIpc) is 2.53. The van der Waals surface area contributed by atoms with E-state index in [0.29, 0.717) is 6.54 Å². The number of nitrogens with zero attached hydrogens (tertiary/aromatic N) is 2. The standard InChI is InChI=1S/C17H16FN3/c1-21(14-8-6-13(18)7-9-14)17-10-12(11-19)15-4-2-3-5-16(15)20-17/h2-10H,11,19H2,1H3. The summed E-state index contributed by atoms with van der Waals surface area (Å²) in [6.07, 6.45) is 0. The van der Waals surface area contributed by atoms with Crippen LogP contribution in [0.1, 0.15) is 5.56 Å². The number of nitrogens with two attached hydrogens (primary N) is 1. The molecule has 0 bridgehead atoms. The van der Waals surface area contributed by atoms with Crippen molar-refractivity contribution < 1.29 is 4.39 Å². The first kappa shape index (κ1) is 13.5. The summed E-state index contributed by atoms with van der Waals surface area (Å²) in [6, 6.07) is 16.2. The first-order valence-corrected chi connectivity index (χ1v) is 6.77. The van der Waals surface area contributed by atoms with E-state index in [4.69, 9.17) is 5.73 Å². The molecule has 0 atom stereocenters. The number of fused-ring (bicyclic) bond motifs is 1. The maximum absolute atomic E-state index is 13.0. The van der Waals surface area contributed by atoms with Gasteiger partial charge in [-0.3, -0.25) is 0 Å². The first-order chi connectivity index (χ1) is 10.2. The smallest absolute Gasteiger partial charge is 0.133 e. The molecule has 0 amide bonds. The molecule has 3 rings (SSSR count). The highest BCUT2D eigenvalue weighted by Gasteiger charge is 2.09. The number of hydrogen-bond donors (Lipinski definition) is 1. The van der Waals surface area contributed by atoms with Gasteiger partial charge in [0, 0.05) is 24.7 Å². The zero-order valence-corrected chi connectivity index (χ0v) is 11.8. The van der Waals surface area contributed by atoms with Gasteiger partial charge in [-0.2, -0.15) is 0 Å². The molecular formula is C17H16FN3. The molecule has 0 spiro atoms. The van der Waals surface area contributed by atoms with Crippen LogP contribution in [-0.4, -0.2) is 12.0 Å². The molecule has 0 unspecified atom stereocenters. The highest BCUT2D eigenvalue weighted by molar-refractivity contribution is 5.84. The van der Waals surface area contributed by atoms with Gasteiger partial charge < -0.3 is 10.6 Å². The molecule has 0 radical (unpaired) electrons. The maximum Gasteiger partial charge on any atom is 0.133 e. The third kappa shape index (κ3) is 2.58. The lowest BCUT2D eigenvalue weighted by atomic mass is 10.1. The van der Waals surface area contributed by atoms with Crippen LogP contribution in [-0.2, 0) is 6.54 Å². The van der Waals surface area contributed by atoms with Crippen LogP contribution in [0.3, 0.4) is 0 Å². The number of para-hydroxylation sites is 1. The summed E-state index contributed by atoms with van der Waals surface area (Å²) in [5, 5.41) is 1.07. The Balaban J connectivity index is 2.09. The molecule has 0 aliphatic carbocycles. The topological polar surface area (TPSA) is 42.1 Å². The lowest BCUT2D eigenvalue weighted by molar-refractivity contribution is 0.628. The Labute approximate surface area is 122 Å². The molecule has 0 saturated carbocycles. The van der Waals surface area contributed by atoms with E-state index in [9.17, 15) is 4.39 Å². The third-order valence-electron chi connectivity index (χ3n) is 3.57. The number of anilines is 2. The Morgan fingerprint density at radius 3 is 2.52 bits per heavy atom. The molecule has 0 saturated heterocycles. The number of hydrogen-bond acceptors (Lipinski definition) is 3. The largest absolute Gasteiger partial charge is 0.329 e. The summed E-state index contributed by atoms with van der Waals surface area (Å²) in [7, 11) is 1.91. The minimum absolute atomic E-state index is 0.249. The summed E-state index contributed by atoms with van der Waals surface area (Å²) >= 11 is 0. The zero-order chi connectivity index (χ0) is 14.8. The number of halogens is 1. The van der Waals surface area contributed by atoms with E-state index in [1.54, 1.807) is 12.1 Å². The van der Waals surface area contributed by atoms with Crippen LogP contribution < -0.4 is 10.6 Å². The number of aromatic nitrogens is 1. The second kappa shape index (κ2) is 5.50. The van der Waals surface area contributed by atoms with Crippen molar-refractivity contribution in [1.29, 1.82) is 0 Å². The fourth-order valence-corrected chi connectivity index (χ4v) is 2.37. The van der Waals surface area contributed by atoms with E-state index >= 15 is 0 Å². The van der Waals surface area contributed by atoms with Crippen molar-refractivity contribution >= 4 is 22.4 Å². The van der Waals surface area contributed by atoms with Crippen LogP contribution in [0, 0.1) is 5.82 Å². The number of rotatable bonds is 3. The Bertz CT molecular complexity index is 769. The van der Waals surface area contributed by atoms with Gasteiger partial charge in [-0.15, -0.1) is 0 Å². The minimum atomic E-state index is -0.249. The number of benzene rings is 2. The maximum atomic E-state index is 13.0. The molecule has 2 N–H and O–H groups in total. The summed E-state index contributed by atoms with van der Waals surface area (Å²) in [4.78, 5) is 6.58. The van der Waals surface area contributed by atoms with Crippen LogP contribution in [0.5, 0.6) is 0 Å². The molecule has 1 heterocycles. The Kier molecular flexibility index (Phi) is 3.54. The molecule has 1 aromatic heterocycles. The summed E-state index contributed by atoms with van der Waals surface area (Å²) in [6.45, 7) is 0.452. The normalized spacial score (nSPS) is 10.8. The molecule has 106 valence electrons. The summed E-state index contributed by atoms with van der Waals surface area (Å²) < 4.78 is 13.0. The Hall–Kier alpha value is -2.46. The molecule has 0 aliphatic rings. The predicted molar refractivity (Wildman–Crippen MR) is 84.1 cm³/mol. The van der Waals surface area contributed by atoms with Crippen LogP contribution >= 0.6 is 0 Å². The van der Waals surface area contributed by atoms with Gasteiger partial charge in [0.1, 0.15) is 11.6 Å². The van der Waals surface area contributed by atoms with E-state index in [1.807, 2.05) is 42.3 Å². The van der Waals surface area contributed by atoms with Crippen molar-refractivity contribution in [3.05, 3.63) is 66.0 Å². The second-order valence-electron chi connectivity index (χ2n) is 4.90. The van der Waals surface area contributed by atoms with Crippen LogP contribution in [0.25, 0.3) is 10.9 Å². The van der Waals surface area contributed by atoms with E-state index in [0.717, 1.165) is 28.0 Å². The third-order valence-corrected chi connectivity index (χ3v) is 3.57. The van der Waals surface area contributed by atoms with Crippen LogP contribution in [0.2, 0.25) is 0 Å². The number of pyridine rings is 1. The van der Waals surface area contributed by atoms with Crippen molar-refractivity contribution in [2.24, 2.45) is 5.73 Å². The zero-order valence-electron chi connectivity index (χ0n) is 11.8. The van der Waals surface area contributed by atoms with E-state index in [-0.39, 0.29) is 5.82 Å². The van der Waals surface area contributed by atoms with Gasteiger partial charge in [0.25, 0.3) is 0 Å². The van der Waals surface area contributed by atoms with Gasteiger partial charge in [0.2, 0.25) is 0 Å². The highest BCUT2D eigenvalue weighted by atomic mass is 19.1. The van der Waals surface area contributed by atoms with Gasteiger partial charge >= 0.3 is 0 Å².